The lowest BCUT2D eigenvalue weighted by Gasteiger charge is -2.35. The summed E-state index contributed by atoms with van der Waals surface area (Å²) in [6.45, 7) is 6.90. The average molecular weight is 388 g/mol. The lowest BCUT2D eigenvalue weighted by atomic mass is 10.1. The average Bonchev–Trinajstić information content (AvgIpc) is 2.77. The Bertz CT molecular complexity index is 982. The number of piperazine rings is 1. The fourth-order valence-corrected chi connectivity index (χ4v) is 3.32. The van der Waals surface area contributed by atoms with Crippen LogP contribution in [0.5, 0.6) is 0 Å². The zero-order valence-corrected chi connectivity index (χ0v) is 16.7. The number of nitrogens with one attached hydrogen (secondary N) is 1. The maximum Gasteiger partial charge on any atom is 0.253 e. The second-order valence-corrected chi connectivity index (χ2v) is 7.20. The van der Waals surface area contributed by atoms with E-state index in [4.69, 9.17) is 0 Å². The Labute approximate surface area is 170 Å². The molecule has 0 atom stereocenters. The number of carbonyl (C=O) groups is 1. The van der Waals surface area contributed by atoms with Crippen LogP contribution in [0.15, 0.2) is 54.7 Å². The fourth-order valence-electron chi connectivity index (χ4n) is 3.32. The summed E-state index contributed by atoms with van der Waals surface area (Å²) in [5.74, 6) is 2.28. The molecule has 0 saturated carbocycles. The zero-order valence-electron chi connectivity index (χ0n) is 16.7. The molecule has 1 fully saturated rings. The number of anilines is 3. The van der Waals surface area contributed by atoms with E-state index in [1.165, 1.54) is 5.56 Å². The van der Waals surface area contributed by atoms with Crippen LogP contribution >= 0.6 is 0 Å². The van der Waals surface area contributed by atoms with Crippen molar-refractivity contribution in [3.8, 4) is 0 Å². The first-order valence-electron chi connectivity index (χ1n) is 9.73. The van der Waals surface area contributed by atoms with E-state index in [9.17, 15) is 4.79 Å². The van der Waals surface area contributed by atoms with E-state index < -0.39 is 0 Å². The lowest BCUT2D eigenvalue weighted by molar-refractivity contribution is 0.0746. The van der Waals surface area contributed by atoms with Gasteiger partial charge < -0.3 is 15.1 Å². The molecule has 0 spiro atoms. The number of aryl methyl sites for hydroxylation is 2. The van der Waals surface area contributed by atoms with Gasteiger partial charge in [-0.2, -0.15) is 0 Å². The molecular formula is C22H24N6O. The quantitative estimate of drug-likeness (QED) is 0.740. The summed E-state index contributed by atoms with van der Waals surface area (Å²) in [4.78, 5) is 21.1. The molecule has 0 unspecified atom stereocenters. The van der Waals surface area contributed by atoms with Crippen molar-refractivity contribution < 1.29 is 4.79 Å². The monoisotopic (exact) mass is 388 g/mol. The van der Waals surface area contributed by atoms with Gasteiger partial charge in [0.05, 0.1) is 0 Å². The Morgan fingerprint density at radius 3 is 2.38 bits per heavy atom. The Morgan fingerprint density at radius 2 is 1.72 bits per heavy atom. The highest BCUT2D eigenvalue weighted by atomic mass is 16.2. The molecular weight excluding hydrogens is 364 g/mol. The van der Waals surface area contributed by atoms with E-state index in [1.807, 2.05) is 60.4 Å². The molecule has 29 heavy (non-hydrogen) atoms. The topological polar surface area (TPSA) is 74.2 Å². The van der Waals surface area contributed by atoms with Crippen LogP contribution in [0.3, 0.4) is 0 Å². The van der Waals surface area contributed by atoms with Crippen LogP contribution in [-0.4, -0.2) is 52.2 Å². The van der Waals surface area contributed by atoms with E-state index in [1.54, 1.807) is 6.20 Å². The molecule has 3 aromatic rings. The Kier molecular flexibility index (Phi) is 5.37. The molecule has 2 aromatic heterocycles. The van der Waals surface area contributed by atoms with E-state index in [0.717, 1.165) is 35.9 Å². The molecule has 148 valence electrons. The van der Waals surface area contributed by atoms with Crippen LogP contribution in [0, 0.1) is 13.8 Å². The number of amides is 1. The highest BCUT2D eigenvalue weighted by Crippen LogP contribution is 2.18. The lowest BCUT2D eigenvalue weighted by Crippen LogP contribution is -2.49. The van der Waals surface area contributed by atoms with Crippen LogP contribution in [0.25, 0.3) is 0 Å². The molecule has 0 bridgehead atoms. The van der Waals surface area contributed by atoms with Gasteiger partial charge in [0, 0.05) is 37.9 Å². The molecule has 4 rings (SSSR count). The predicted molar refractivity (Wildman–Crippen MR) is 114 cm³/mol. The molecule has 1 aliphatic rings. The largest absolute Gasteiger partial charge is 0.352 e. The van der Waals surface area contributed by atoms with Crippen LogP contribution in [0.1, 0.15) is 21.5 Å². The zero-order chi connectivity index (χ0) is 20.2. The second kappa shape index (κ2) is 8.26. The number of pyridine rings is 1. The standard InChI is InChI=1S/C22H24N6O/c1-16-6-7-18(15-17(16)2)22(29)28-13-11-27(12-14-28)21-9-8-20(25-26-21)24-19-5-3-4-10-23-19/h3-10,15H,11-14H2,1-2H3,(H,23,24,25). The molecule has 7 heteroatoms. The summed E-state index contributed by atoms with van der Waals surface area (Å²) in [7, 11) is 0. The Hall–Kier alpha value is -3.48. The van der Waals surface area contributed by atoms with E-state index in [0.29, 0.717) is 18.9 Å². The van der Waals surface area contributed by atoms with Gasteiger partial charge in [-0.05, 0) is 61.4 Å². The SMILES string of the molecule is Cc1ccc(C(=O)N2CCN(c3ccc(Nc4ccccn4)nn3)CC2)cc1C. The van der Waals surface area contributed by atoms with Gasteiger partial charge in [0.2, 0.25) is 0 Å². The summed E-state index contributed by atoms with van der Waals surface area (Å²) < 4.78 is 0. The van der Waals surface area contributed by atoms with Gasteiger partial charge in [0.15, 0.2) is 11.6 Å². The highest BCUT2D eigenvalue weighted by molar-refractivity contribution is 5.94. The molecule has 3 heterocycles. The summed E-state index contributed by atoms with van der Waals surface area (Å²) in [5, 5.41) is 11.7. The minimum atomic E-state index is 0.0914. The smallest absolute Gasteiger partial charge is 0.253 e. The summed E-state index contributed by atoms with van der Waals surface area (Å²) in [5.41, 5.74) is 3.10. The van der Waals surface area contributed by atoms with Crippen molar-refractivity contribution in [2.45, 2.75) is 13.8 Å². The molecule has 1 amide bonds. The van der Waals surface area contributed by atoms with Gasteiger partial charge in [-0.1, -0.05) is 12.1 Å². The number of hydrogen-bond donors (Lipinski definition) is 1. The molecule has 1 aromatic carbocycles. The van der Waals surface area contributed by atoms with E-state index >= 15 is 0 Å². The van der Waals surface area contributed by atoms with Crippen LogP contribution in [-0.2, 0) is 0 Å². The Morgan fingerprint density at radius 1 is 0.897 bits per heavy atom. The van der Waals surface area contributed by atoms with Crippen molar-refractivity contribution in [2.24, 2.45) is 0 Å². The second-order valence-electron chi connectivity index (χ2n) is 7.20. The van der Waals surface area contributed by atoms with Crippen molar-refractivity contribution in [1.82, 2.24) is 20.1 Å². The number of nitrogens with zero attached hydrogens (tertiary/aromatic N) is 5. The summed E-state index contributed by atoms with van der Waals surface area (Å²) in [6, 6.07) is 15.4. The van der Waals surface area contributed by atoms with Crippen LogP contribution in [0.2, 0.25) is 0 Å². The van der Waals surface area contributed by atoms with E-state index in [2.05, 4.69) is 32.3 Å². The third-order valence-electron chi connectivity index (χ3n) is 5.22. The molecule has 0 radical (unpaired) electrons. The first-order chi connectivity index (χ1) is 14.1. The van der Waals surface area contributed by atoms with Gasteiger partial charge in [0.25, 0.3) is 5.91 Å². The number of carbonyl (C=O) groups excluding carboxylic acids is 1. The molecule has 7 nitrogen and oxygen atoms in total. The number of rotatable bonds is 4. The fraction of sp³-hybridized carbons (Fsp3) is 0.273. The van der Waals surface area contributed by atoms with E-state index in [-0.39, 0.29) is 5.91 Å². The first kappa shape index (κ1) is 18.9. The van der Waals surface area contributed by atoms with Gasteiger partial charge in [-0.3, -0.25) is 4.79 Å². The normalized spacial score (nSPS) is 14.0. The maximum atomic E-state index is 12.8. The minimum Gasteiger partial charge on any atom is -0.352 e. The van der Waals surface area contributed by atoms with Gasteiger partial charge in [0.1, 0.15) is 5.82 Å². The number of aromatic nitrogens is 3. The van der Waals surface area contributed by atoms with Crippen molar-refractivity contribution in [2.75, 3.05) is 36.4 Å². The third kappa shape index (κ3) is 4.34. The minimum absolute atomic E-state index is 0.0914. The number of benzene rings is 1. The highest BCUT2D eigenvalue weighted by Gasteiger charge is 2.23. The predicted octanol–water partition coefficient (Wildman–Crippen LogP) is 3.19. The molecule has 1 saturated heterocycles. The van der Waals surface area contributed by atoms with Gasteiger partial charge >= 0.3 is 0 Å². The van der Waals surface area contributed by atoms with Crippen molar-refractivity contribution in [3.05, 3.63) is 71.4 Å². The van der Waals surface area contributed by atoms with Gasteiger partial charge in [-0.25, -0.2) is 4.98 Å². The maximum absolute atomic E-state index is 12.8. The molecule has 1 N–H and O–H groups in total. The van der Waals surface area contributed by atoms with Crippen LogP contribution < -0.4 is 10.2 Å². The first-order valence-corrected chi connectivity index (χ1v) is 9.73. The molecule has 0 aliphatic carbocycles. The summed E-state index contributed by atoms with van der Waals surface area (Å²) in [6.07, 6.45) is 1.73. The summed E-state index contributed by atoms with van der Waals surface area (Å²) >= 11 is 0. The van der Waals surface area contributed by atoms with Crippen molar-refractivity contribution in [1.29, 1.82) is 0 Å². The number of hydrogen-bond acceptors (Lipinski definition) is 6. The Balaban J connectivity index is 1.35. The van der Waals surface area contributed by atoms with Crippen LogP contribution in [0.4, 0.5) is 17.5 Å². The van der Waals surface area contributed by atoms with Crippen molar-refractivity contribution in [3.63, 3.8) is 0 Å². The third-order valence-corrected chi connectivity index (χ3v) is 5.22. The van der Waals surface area contributed by atoms with Gasteiger partial charge in [-0.15, -0.1) is 10.2 Å². The molecule has 1 aliphatic heterocycles. The van der Waals surface area contributed by atoms with Crippen molar-refractivity contribution >= 4 is 23.4 Å².